The van der Waals surface area contributed by atoms with E-state index in [-0.39, 0.29) is 23.1 Å². The number of amides is 1. The van der Waals surface area contributed by atoms with Gasteiger partial charge in [0.05, 0.1) is 12.2 Å². The molecule has 1 aromatic heterocycles. The van der Waals surface area contributed by atoms with E-state index < -0.39 is 0 Å². The Labute approximate surface area is 171 Å². The third-order valence-corrected chi connectivity index (χ3v) is 5.40. The molecule has 0 unspecified atom stereocenters. The molecule has 0 saturated carbocycles. The van der Waals surface area contributed by atoms with E-state index in [1.165, 1.54) is 4.90 Å². The van der Waals surface area contributed by atoms with Crippen molar-refractivity contribution in [1.29, 1.82) is 0 Å². The molecule has 3 rings (SSSR count). The maximum Gasteiger partial charge on any atom is 0.277 e. The van der Waals surface area contributed by atoms with Gasteiger partial charge in [-0.2, -0.15) is 0 Å². The highest BCUT2D eigenvalue weighted by Gasteiger charge is 2.19. The van der Waals surface area contributed by atoms with E-state index in [4.69, 9.17) is 0 Å². The predicted molar refractivity (Wildman–Crippen MR) is 113 cm³/mol. The zero-order valence-corrected chi connectivity index (χ0v) is 17.9. The van der Waals surface area contributed by atoms with E-state index in [1.54, 1.807) is 6.20 Å². The Kier molecular flexibility index (Phi) is 7.31. The fraction of sp³-hybridized carbons (Fsp3) is 0.526. The number of hydrogen-bond acceptors (Lipinski definition) is 5. The molecule has 2 N–H and O–H groups in total. The second kappa shape index (κ2) is 9.08. The summed E-state index contributed by atoms with van der Waals surface area (Å²) in [6, 6.07) is 6.43. The first kappa shape index (κ1) is 21.7. The maximum atomic E-state index is 12.5. The molecule has 0 bridgehead atoms. The molecule has 148 valence electrons. The number of benzene rings is 1. The van der Waals surface area contributed by atoms with Crippen LogP contribution in [0.1, 0.15) is 55.7 Å². The summed E-state index contributed by atoms with van der Waals surface area (Å²) in [7, 11) is 0. The number of anilines is 1. The van der Waals surface area contributed by atoms with Crippen LogP contribution in [0.25, 0.3) is 0 Å². The van der Waals surface area contributed by atoms with Gasteiger partial charge in [0.25, 0.3) is 5.91 Å². The molecule has 0 aliphatic carbocycles. The van der Waals surface area contributed by atoms with Gasteiger partial charge in [-0.1, -0.05) is 26.0 Å². The summed E-state index contributed by atoms with van der Waals surface area (Å²) in [5, 5.41) is 14.5. The third kappa shape index (κ3) is 5.96. The molecule has 27 heavy (non-hydrogen) atoms. The van der Waals surface area contributed by atoms with Crippen LogP contribution in [0, 0.1) is 6.92 Å². The quantitative estimate of drug-likeness (QED) is 0.744. The molecule has 8 heteroatoms. The van der Waals surface area contributed by atoms with Crippen LogP contribution in [-0.4, -0.2) is 38.7 Å². The SMILES string of the molecule is Cc1cc(SC(C)(C)C)ccc1NC(=O)c1cn(C2CCNCC2)nn1.Cl. The fourth-order valence-corrected chi connectivity index (χ4v) is 4.09. The maximum absolute atomic E-state index is 12.5. The summed E-state index contributed by atoms with van der Waals surface area (Å²) in [6.45, 7) is 10.5. The first-order valence-corrected chi connectivity index (χ1v) is 9.87. The van der Waals surface area contributed by atoms with Gasteiger partial charge in [-0.15, -0.1) is 29.3 Å². The molecule has 0 spiro atoms. The lowest BCUT2D eigenvalue weighted by Crippen LogP contribution is -2.29. The smallest absolute Gasteiger partial charge is 0.277 e. The lowest BCUT2D eigenvalue weighted by Gasteiger charge is -2.22. The monoisotopic (exact) mass is 409 g/mol. The van der Waals surface area contributed by atoms with Crippen molar-refractivity contribution in [3.63, 3.8) is 0 Å². The minimum atomic E-state index is -0.218. The molecule has 1 aromatic carbocycles. The predicted octanol–water partition coefficient (Wildman–Crippen LogP) is 4.08. The number of nitrogens with zero attached hydrogens (tertiary/aromatic N) is 3. The molecule has 1 saturated heterocycles. The molecule has 1 aliphatic rings. The van der Waals surface area contributed by atoms with Crippen molar-refractivity contribution in [2.24, 2.45) is 0 Å². The van der Waals surface area contributed by atoms with Crippen LogP contribution >= 0.6 is 24.2 Å². The minimum absolute atomic E-state index is 0. The summed E-state index contributed by atoms with van der Waals surface area (Å²) in [5.74, 6) is -0.218. The van der Waals surface area contributed by atoms with Crippen molar-refractivity contribution in [2.45, 2.75) is 56.2 Å². The van der Waals surface area contributed by atoms with Gasteiger partial charge in [0.15, 0.2) is 5.69 Å². The van der Waals surface area contributed by atoms with E-state index in [1.807, 2.05) is 35.5 Å². The van der Waals surface area contributed by atoms with E-state index in [0.29, 0.717) is 11.7 Å². The van der Waals surface area contributed by atoms with Crippen molar-refractivity contribution in [3.05, 3.63) is 35.7 Å². The number of rotatable bonds is 4. The van der Waals surface area contributed by atoms with Gasteiger partial charge >= 0.3 is 0 Å². The van der Waals surface area contributed by atoms with Gasteiger partial charge < -0.3 is 10.6 Å². The normalized spacial score (nSPS) is 15.3. The number of carbonyl (C=O) groups is 1. The lowest BCUT2D eigenvalue weighted by molar-refractivity contribution is 0.102. The van der Waals surface area contributed by atoms with Crippen LogP contribution in [0.5, 0.6) is 0 Å². The molecular formula is C19H28ClN5OS. The number of hydrogen-bond donors (Lipinski definition) is 2. The number of halogens is 1. The Hall–Kier alpha value is -1.57. The molecule has 6 nitrogen and oxygen atoms in total. The number of aromatic nitrogens is 3. The molecule has 1 amide bonds. The van der Waals surface area contributed by atoms with Crippen molar-refractivity contribution >= 4 is 35.8 Å². The van der Waals surface area contributed by atoms with Gasteiger partial charge in [-0.3, -0.25) is 4.79 Å². The Morgan fingerprint density at radius 1 is 1.30 bits per heavy atom. The van der Waals surface area contributed by atoms with Gasteiger partial charge in [-0.05, 0) is 56.6 Å². The second-order valence-electron chi connectivity index (χ2n) is 7.71. The molecule has 2 heterocycles. The Morgan fingerprint density at radius 3 is 2.63 bits per heavy atom. The zero-order chi connectivity index (χ0) is 18.7. The first-order valence-electron chi connectivity index (χ1n) is 9.05. The van der Waals surface area contributed by atoms with Gasteiger partial charge in [0.1, 0.15) is 0 Å². The number of nitrogens with one attached hydrogen (secondary N) is 2. The van der Waals surface area contributed by atoms with Gasteiger partial charge in [0, 0.05) is 15.3 Å². The number of piperidine rings is 1. The van der Waals surface area contributed by atoms with Crippen molar-refractivity contribution in [2.75, 3.05) is 18.4 Å². The van der Waals surface area contributed by atoms with Crippen LogP contribution in [-0.2, 0) is 0 Å². The van der Waals surface area contributed by atoms with Crippen LogP contribution in [0.4, 0.5) is 5.69 Å². The molecule has 0 atom stereocenters. The fourth-order valence-electron chi connectivity index (χ4n) is 3.01. The summed E-state index contributed by atoms with van der Waals surface area (Å²) >= 11 is 1.81. The summed E-state index contributed by atoms with van der Waals surface area (Å²) in [4.78, 5) is 13.7. The largest absolute Gasteiger partial charge is 0.320 e. The van der Waals surface area contributed by atoms with Crippen molar-refractivity contribution < 1.29 is 4.79 Å². The highest BCUT2D eigenvalue weighted by molar-refractivity contribution is 8.00. The standard InChI is InChI=1S/C19H27N5OS.ClH/c1-13-11-15(26-19(2,3)4)5-6-16(13)21-18(25)17-12-24(23-22-17)14-7-9-20-10-8-14;/h5-6,11-12,14,20H,7-10H2,1-4H3,(H,21,25);1H. The van der Waals surface area contributed by atoms with Gasteiger partial charge in [0.2, 0.25) is 0 Å². The van der Waals surface area contributed by atoms with Gasteiger partial charge in [-0.25, -0.2) is 4.68 Å². The molecular weight excluding hydrogens is 382 g/mol. The third-order valence-electron chi connectivity index (χ3n) is 4.30. The topological polar surface area (TPSA) is 71.8 Å². The van der Waals surface area contributed by atoms with E-state index in [0.717, 1.165) is 37.2 Å². The number of carbonyl (C=O) groups excluding carboxylic acids is 1. The zero-order valence-electron chi connectivity index (χ0n) is 16.3. The summed E-state index contributed by atoms with van der Waals surface area (Å²) in [6.07, 6.45) is 3.78. The highest BCUT2D eigenvalue weighted by Crippen LogP contribution is 2.33. The van der Waals surface area contributed by atoms with E-state index >= 15 is 0 Å². The Balaban J connectivity index is 0.00000261. The van der Waals surface area contributed by atoms with Crippen molar-refractivity contribution in [3.8, 4) is 0 Å². The molecule has 1 aliphatic heterocycles. The summed E-state index contributed by atoms with van der Waals surface area (Å²) in [5.41, 5.74) is 2.21. The van der Waals surface area contributed by atoms with Crippen LogP contribution in [0.15, 0.2) is 29.3 Å². The first-order chi connectivity index (χ1) is 12.3. The van der Waals surface area contributed by atoms with E-state index in [9.17, 15) is 4.79 Å². The number of thioether (sulfide) groups is 1. The van der Waals surface area contributed by atoms with Crippen molar-refractivity contribution in [1.82, 2.24) is 20.3 Å². The minimum Gasteiger partial charge on any atom is -0.320 e. The lowest BCUT2D eigenvalue weighted by atomic mass is 10.1. The average Bonchev–Trinajstić information content (AvgIpc) is 3.07. The van der Waals surface area contributed by atoms with Crippen LogP contribution < -0.4 is 10.6 Å². The highest BCUT2D eigenvalue weighted by atomic mass is 35.5. The van der Waals surface area contributed by atoms with Crippen LogP contribution in [0.3, 0.4) is 0 Å². The Bertz CT molecular complexity index is 781. The van der Waals surface area contributed by atoms with Crippen LogP contribution in [0.2, 0.25) is 0 Å². The average molecular weight is 410 g/mol. The van der Waals surface area contributed by atoms with E-state index in [2.05, 4.69) is 47.8 Å². The molecule has 0 radical (unpaired) electrons. The summed E-state index contributed by atoms with van der Waals surface area (Å²) < 4.78 is 1.98. The Morgan fingerprint density at radius 2 is 2.00 bits per heavy atom. The second-order valence-corrected chi connectivity index (χ2v) is 9.61. The number of aryl methyl sites for hydroxylation is 1. The molecule has 1 fully saturated rings. The molecule has 2 aromatic rings.